The van der Waals surface area contributed by atoms with Crippen LogP contribution in [0, 0.1) is 10.1 Å². The zero-order valence-corrected chi connectivity index (χ0v) is 17.0. The molecule has 3 aromatic carbocycles. The zero-order valence-electron chi connectivity index (χ0n) is 17.0. The van der Waals surface area contributed by atoms with E-state index in [9.17, 15) is 24.8 Å². The molecule has 0 spiro atoms. The van der Waals surface area contributed by atoms with Gasteiger partial charge in [-0.1, -0.05) is 30.3 Å². The Morgan fingerprint density at radius 3 is 2.16 bits per heavy atom. The maximum absolute atomic E-state index is 13.1. The van der Waals surface area contributed by atoms with Crippen LogP contribution < -0.4 is 9.64 Å². The fourth-order valence-electron chi connectivity index (χ4n) is 3.69. The van der Waals surface area contributed by atoms with Crippen LogP contribution in [-0.4, -0.2) is 28.8 Å². The molecular weight excluding hydrogens is 412 g/mol. The molecule has 32 heavy (non-hydrogen) atoms. The first-order valence-corrected chi connectivity index (χ1v) is 9.67. The normalized spacial score (nSPS) is 17.4. The fraction of sp³-hybridized carbons (Fsp3) is 0.0833. The molecule has 1 aliphatic heterocycles. The molecule has 0 aliphatic carbocycles. The molecule has 1 atom stereocenters. The van der Waals surface area contributed by atoms with Gasteiger partial charge in [-0.05, 0) is 42.0 Å². The second kappa shape index (κ2) is 8.35. The number of carbonyl (C=O) groups excluding carboxylic acids is 2. The lowest BCUT2D eigenvalue weighted by molar-refractivity contribution is -0.384. The number of Topliss-reactive ketones (excluding diaryl/α,β-unsaturated/α-hetero) is 1. The third-order valence-electron chi connectivity index (χ3n) is 5.26. The van der Waals surface area contributed by atoms with E-state index in [1.165, 1.54) is 36.3 Å². The summed E-state index contributed by atoms with van der Waals surface area (Å²) in [7, 11) is 1.51. The van der Waals surface area contributed by atoms with Gasteiger partial charge in [-0.2, -0.15) is 0 Å². The summed E-state index contributed by atoms with van der Waals surface area (Å²) in [4.78, 5) is 37.9. The molecule has 1 fully saturated rings. The van der Waals surface area contributed by atoms with Gasteiger partial charge >= 0.3 is 0 Å². The highest BCUT2D eigenvalue weighted by Crippen LogP contribution is 2.42. The van der Waals surface area contributed by atoms with Crippen LogP contribution in [0.15, 0.2) is 84.4 Å². The molecule has 1 aliphatic rings. The van der Waals surface area contributed by atoms with Crippen molar-refractivity contribution in [2.45, 2.75) is 6.04 Å². The van der Waals surface area contributed by atoms with Crippen molar-refractivity contribution in [2.24, 2.45) is 0 Å². The molecule has 0 bridgehead atoms. The summed E-state index contributed by atoms with van der Waals surface area (Å²) in [5.41, 5.74) is 1.03. The van der Waals surface area contributed by atoms with Gasteiger partial charge in [0.2, 0.25) is 0 Å². The van der Waals surface area contributed by atoms with E-state index in [-0.39, 0.29) is 17.0 Å². The first kappa shape index (κ1) is 20.8. The number of ether oxygens (including phenoxy) is 1. The lowest BCUT2D eigenvalue weighted by atomic mass is 9.95. The number of ketones is 1. The van der Waals surface area contributed by atoms with E-state index < -0.39 is 22.7 Å². The highest BCUT2D eigenvalue weighted by molar-refractivity contribution is 6.51. The van der Waals surface area contributed by atoms with Crippen molar-refractivity contribution < 1.29 is 24.4 Å². The van der Waals surface area contributed by atoms with Crippen molar-refractivity contribution >= 4 is 28.8 Å². The number of aliphatic hydroxyl groups is 1. The van der Waals surface area contributed by atoms with Gasteiger partial charge in [0.25, 0.3) is 17.4 Å². The number of methoxy groups -OCH3 is 1. The second-order valence-electron chi connectivity index (χ2n) is 7.08. The summed E-state index contributed by atoms with van der Waals surface area (Å²) < 4.78 is 5.16. The monoisotopic (exact) mass is 430 g/mol. The number of nitrogens with zero attached hydrogens (tertiary/aromatic N) is 2. The first-order chi connectivity index (χ1) is 15.4. The second-order valence-corrected chi connectivity index (χ2v) is 7.08. The van der Waals surface area contributed by atoms with Gasteiger partial charge in [-0.25, -0.2) is 0 Å². The Labute approximate surface area is 183 Å². The number of benzene rings is 3. The van der Waals surface area contributed by atoms with Gasteiger partial charge in [0.1, 0.15) is 11.5 Å². The molecule has 1 N–H and O–H groups in total. The largest absolute Gasteiger partial charge is 0.507 e. The number of nitro benzene ring substituents is 1. The highest BCUT2D eigenvalue weighted by Gasteiger charge is 2.47. The summed E-state index contributed by atoms with van der Waals surface area (Å²) in [5.74, 6) is -1.40. The van der Waals surface area contributed by atoms with Gasteiger partial charge < -0.3 is 9.84 Å². The maximum Gasteiger partial charge on any atom is 0.300 e. The van der Waals surface area contributed by atoms with Crippen LogP contribution in [0.1, 0.15) is 17.2 Å². The Balaban J connectivity index is 1.91. The lowest BCUT2D eigenvalue weighted by Crippen LogP contribution is -2.29. The number of anilines is 1. The minimum atomic E-state index is -0.968. The first-order valence-electron chi connectivity index (χ1n) is 9.67. The van der Waals surface area contributed by atoms with E-state index in [2.05, 4.69) is 0 Å². The number of hydrogen-bond donors (Lipinski definition) is 1. The van der Waals surface area contributed by atoms with E-state index in [1.807, 2.05) is 0 Å². The van der Waals surface area contributed by atoms with E-state index in [0.29, 0.717) is 22.6 Å². The molecule has 8 heteroatoms. The summed E-state index contributed by atoms with van der Waals surface area (Å²) in [6.07, 6.45) is 0. The molecule has 1 heterocycles. The van der Waals surface area contributed by atoms with Crippen molar-refractivity contribution in [3.8, 4) is 5.75 Å². The van der Waals surface area contributed by atoms with E-state index in [1.54, 1.807) is 54.6 Å². The lowest BCUT2D eigenvalue weighted by Gasteiger charge is -2.25. The van der Waals surface area contributed by atoms with Crippen molar-refractivity contribution in [2.75, 3.05) is 12.0 Å². The molecule has 1 saturated heterocycles. The van der Waals surface area contributed by atoms with Gasteiger partial charge in [0.15, 0.2) is 0 Å². The molecule has 3 aromatic rings. The Kier molecular flexibility index (Phi) is 5.43. The maximum atomic E-state index is 13.1. The van der Waals surface area contributed by atoms with Crippen LogP contribution in [-0.2, 0) is 9.59 Å². The number of nitro groups is 1. The molecule has 1 amide bonds. The van der Waals surface area contributed by atoms with E-state index in [0.717, 1.165) is 0 Å². The number of amides is 1. The average molecular weight is 430 g/mol. The molecule has 160 valence electrons. The molecule has 8 nitrogen and oxygen atoms in total. The van der Waals surface area contributed by atoms with Crippen LogP contribution in [0.4, 0.5) is 11.4 Å². The topological polar surface area (TPSA) is 110 Å². The van der Waals surface area contributed by atoms with Crippen molar-refractivity contribution in [1.82, 2.24) is 0 Å². The van der Waals surface area contributed by atoms with Crippen molar-refractivity contribution in [3.05, 3.63) is 106 Å². The average Bonchev–Trinajstić information content (AvgIpc) is 3.09. The van der Waals surface area contributed by atoms with Gasteiger partial charge in [0, 0.05) is 23.4 Å². The van der Waals surface area contributed by atoms with E-state index >= 15 is 0 Å². The SMILES string of the molecule is COc1ccc(N2C(=O)C(=O)C(=C(O)c3ccccc3)[C@H]2c2ccc([N+](=O)[O-])cc2)cc1. The van der Waals surface area contributed by atoms with E-state index in [4.69, 9.17) is 4.74 Å². The number of non-ortho nitro benzene ring substituents is 1. The van der Waals surface area contributed by atoms with Crippen LogP contribution in [0.5, 0.6) is 5.75 Å². The van der Waals surface area contributed by atoms with Crippen LogP contribution in [0.25, 0.3) is 5.76 Å². The number of rotatable bonds is 5. The number of carbonyl (C=O) groups is 2. The summed E-state index contributed by atoms with van der Waals surface area (Å²) in [6, 6.07) is 19.6. The van der Waals surface area contributed by atoms with Crippen LogP contribution in [0.3, 0.4) is 0 Å². The fourth-order valence-corrected chi connectivity index (χ4v) is 3.69. The quantitative estimate of drug-likeness (QED) is 0.213. The molecule has 0 aromatic heterocycles. The van der Waals surface area contributed by atoms with Gasteiger partial charge in [-0.3, -0.25) is 24.6 Å². The minimum absolute atomic E-state index is 0.0918. The Hall–Kier alpha value is -4.46. The third kappa shape index (κ3) is 3.58. The Bertz CT molecular complexity index is 1220. The molecule has 0 saturated carbocycles. The van der Waals surface area contributed by atoms with Crippen LogP contribution in [0.2, 0.25) is 0 Å². The van der Waals surface area contributed by atoms with Gasteiger partial charge in [0.05, 0.1) is 23.6 Å². The summed E-state index contributed by atoms with van der Waals surface area (Å²) >= 11 is 0. The van der Waals surface area contributed by atoms with Crippen molar-refractivity contribution in [3.63, 3.8) is 0 Å². The minimum Gasteiger partial charge on any atom is -0.507 e. The number of hydrogen-bond acceptors (Lipinski definition) is 6. The number of aliphatic hydroxyl groups excluding tert-OH is 1. The van der Waals surface area contributed by atoms with Crippen molar-refractivity contribution in [1.29, 1.82) is 0 Å². The standard InChI is InChI=1S/C24H18N2O6/c1-32-19-13-11-17(12-14-19)25-21(15-7-9-18(10-8-15)26(30)31)20(23(28)24(25)29)22(27)16-5-3-2-4-6-16/h2-14,21,27H,1H3/t21-/m1/s1. The smallest absolute Gasteiger partial charge is 0.300 e. The molecular formula is C24H18N2O6. The zero-order chi connectivity index (χ0) is 22.8. The highest BCUT2D eigenvalue weighted by atomic mass is 16.6. The Morgan fingerprint density at radius 2 is 1.59 bits per heavy atom. The van der Waals surface area contributed by atoms with Crippen LogP contribution >= 0.6 is 0 Å². The predicted molar refractivity (Wildman–Crippen MR) is 117 cm³/mol. The molecule has 4 rings (SSSR count). The third-order valence-corrected chi connectivity index (χ3v) is 5.26. The predicted octanol–water partition coefficient (Wildman–Crippen LogP) is 4.23. The molecule has 0 unspecified atom stereocenters. The Morgan fingerprint density at radius 1 is 0.969 bits per heavy atom. The summed E-state index contributed by atoms with van der Waals surface area (Å²) in [6.45, 7) is 0. The van der Waals surface area contributed by atoms with Gasteiger partial charge in [-0.15, -0.1) is 0 Å². The summed E-state index contributed by atoms with van der Waals surface area (Å²) in [5, 5.41) is 22.0. The molecule has 0 radical (unpaired) electrons.